The monoisotopic (exact) mass is 369 g/mol. The molecule has 0 aliphatic heterocycles. The van der Waals surface area contributed by atoms with E-state index >= 15 is 0 Å². The van der Waals surface area contributed by atoms with Gasteiger partial charge in [-0.05, 0) is 43.8 Å². The average molecular weight is 369 g/mol. The Labute approximate surface area is 158 Å². The first-order chi connectivity index (χ1) is 12.7. The molecule has 26 heavy (non-hydrogen) atoms. The standard InChI is InChI=1S/C20H23N3O2S/c1-4-25-18-9-8-15(11-19(18)24-3)12-23(2)13-16-14-26-20(22-16)17-7-5-6-10-21-17/h5-11,14H,4,12-13H2,1-3H3. The second-order valence-corrected chi connectivity index (χ2v) is 6.81. The van der Waals surface area contributed by atoms with Crippen LogP contribution in [0, 0.1) is 0 Å². The van der Waals surface area contributed by atoms with Crippen molar-refractivity contribution in [3.63, 3.8) is 0 Å². The van der Waals surface area contributed by atoms with E-state index in [-0.39, 0.29) is 0 Å². The van der Waals surface area contributed by atoms with E-state index in [4.69, 9.17) is 14.5 Å². The molecule has 2 aromatic heterocycles. The van der Waals surface area contributed by atoms with Crippen LogP contribution in [-0.4, -0.2) is 35.6 Å². The molecule has 0 radical (unpaired) electrons. The minimum absolute atomic E-state index is 0.623. The van der Waals surface area contributed by atoms with Crippen molar-refractivity contribution < 1.29 is 9.47 Å². The van der Waals surface area contributed by atoms with Gasteiger partial charge in [-0.3, -0.25) is 9.88 Å². The zero-order valence-electron chi connectivity index (χ0n) is 15.3. The predicted octanol–water partition coefficient (Wildman–Crippen LogP) is 4.24. The number of benzene rings is 1. The molecule has 0 N–H and O–H groups in total. The molecule has 3 rings (SSSR count). The Balaban J connectivity index is 1.64. The largest absolute Gasteiger partial charge is 0.493 e. The molecule has 0 aliphatic carbocycles. The van der Waals surface area contributed by atoms with Crippen molar-refractivity contribution in [2.45, 2.75) is 20.0 Å². The quantitative estimate of drug-likeness (QED) is 0.594. The van der Waals surface area contributed by atoms with Crippen LogP contribution < -0.4 is 9.47 Å². The van der Waals surface area contributed by atoms with Crippen LogP contribution in [0.1, 0.15) is 18.2 Å². The SMILES string of the molecule is CCOc1ccc(CN(C)Cc2csc(-c3ccccn3)n2)cc1OC. The number of rotatable bonds is 8. The van der Waals surface area contributed by atoms with Crippen LogP contribution in [0.5, 0.6) is 11.5 Å². The van der Waals surface area contributed by atoms with Crippen LogP contribution in [0.4, 0.5) is 0 Å². The van der Waals surface area contributed by atoms with Crippen molar-refractivity contribution in [2.24, 2.45) is 0 Å². The van der Waals surface area contributed by atoms with E-state index in [1.807, 2.05) is 37.3 Å². The molecule has 136 valence electrons. The highest BCUT2D eigenvalue weighted by molar-refractivity contribution is 7.13. The average Bonchev–Trinajstić information content (AvgIpc) is 3.12. The van der Waals surface area contributed by atoms with Crippen LogP contribution in [0.2, 0.25) is 0 Å². The van der Waals surface area contributed by atoms with Gasteiger partial charge in [-0.25, -0.2) is 4.98 Å². The molecule has 0 amide bonds. The second kappa shape index (κ2) is 8.78. The summed E-state index contributed by atoms with van der Waals surface area (Å²) in [5.41, 5.74) is 3.15. The number of nitrogens with zero attached hydrogens (tertiary/aromatic N) is 3. The Hall–Kier alpha value is -2.44. The van der Waals surface area contributed by atoms with Gasteiger partial charge in [-0.1, -0.05) is 12.1 Å². The fourth-order valence-electron chi connectivity index (χ4n) is 2.72. The Morgan fingerprint density at radius 2 is 2.00 bits per heavy atom. The van der Waals surface area contributed by atoms with E-state index in [2.05, 4.69) is 28.4 Å². The zero-order valence-corrected chi connectivity index (χ0v) is 16.1. The van der Waals surface area contributed by atoms with Gasteiger partial charge in [-0.2, -0.15) is 0 Å². The number of thiazole rings is 1. The summed E-state index contributed by atoms with van der Waals surface area (Å²) in [4.78, 5) is 11.3. The summed E-state index contributed by atoms with van der Waals surface area (Å²) in [5, 5.41) is 3.05. The molecule has 2 heterocycles. The first-order valence-electron chi connectivity index (χ1n) is 8.53. The van der Waals surface area contributed by atoms with Crippen LogP contribution in [-0.2, 0) is 13.1 Å². The lowest BCUT2D eigenvalue weighted by Gasteiger charge is -2.17. The maximum Gasteiger partial charge on any atom is 0.161 e. The maximum atomic E-state index is 5.58. The van der Waals surface area contributed by atoms with E-state index in [1.165, 1.54) is 5.56 Å². The van der Waals surface area contributed by atoms with Crippen molar-refractivity contribution in [1.29, 1.82) is 0 Å². The second-order valence-electron chi connectivity index (χ2n) is 5.95. The molecule has 6 heteroatoms. The van der Waals surface area contributed by atoms with Crippen LogP contribution in [0.15, 0.2) is 48.0 Å². The molecule has 0 fully saturated rings. The Morgan fingerprint density at radius 3 is 2.73 bits per heavy atom. The number of hydrogen-bond acceptors (Lipinski definition) is 6. The Morgan fingerprint density at radius 1 is 1.12 bits per heavy atom. The molecule has 0 bridgehead atoms. The minimum Gasteiger partial charge on any atom is -0.493 e. The van der Waals surface area contributed by atoms with E-state index in [1.54, 1.807) is 24.6 Å². The summed E-state index contributed by atoms with van der Waals surface area (Å²) in [7, 11) is 3.75. The van der Waals surface area contributed by atoms with Gasteiger partial charge < -0.3 is 9.47 Å². The van der Waals surface area contributed by atoms with Crippen molar-refractivity contribution in [1.82, 2.24) is 14.9 Å². The van der Waals surface area contributed by atoms with Crippen molar-refractivity contribution in [3.8, 4) is 22.2 Å². The summed E-state index contributed by atoms with van der Waals surface area (Å²) < 4.78 is 11.0. The number of aromatic nitrogens is 2. The lowest BCUT2D eigenvalue weighted by molar-refractivity contribution is 0.304. The van der Waals surface area contributed by atoms with E-state index in [0.29, 0.717) is 6.61 Å². The normalized spacial score (nSPS) is 10.9. The van der Waals surface area contributed by atoms with Crippen molar-refractivity contribution >= 4 is 11.3 Å². The fraction of sp³-hybridized carbons (Fsp3) is 0.300. The molecular weight excluding hydrogens is 346 g/mol. The van der Waals surface area contributed by atoms with Gasteiger partial charge in [-0.15, -0.1) is 11.3 Å². The highest BCUT2D eigenvalue weighted by Gasteiger charge is 2.10. The summed E-state index contributed by atoms with van der Waals surface area (Å²) in [6.07, 6.45) is 1.79. The first kappa shape index (κ1) is 18.4. The Bertz CT molecular complexity index is 836. The first-order valence-corrected chi connectivity index (χ1v) is 9.41. The number of methoxy groups -OCH3 is 1. The van der Waals surface area contributed by atoms with Gasteiger partial charge >= 0.3 is 0 Å². The summed E-state index contributed by atoms with van der Waals surface area (Å²) in [6, 6.07) is 11.9. The Kier molecular flexibility index (Phi) is 6.20. The maximum absolute atomic E-state index is 5.58. The van der Waals surface area contributed by atoms with Gasteiger partial charge in [0.1, 0.15) is 5.01 Å². The molecule has 0 unspecified atom stereocenters. The smallest absolute Gasteiger partial charge is 0.161 e. The summed E-state index contributed by atoms with van der Waals surface area (Å²) in [5.74, 6) is 1.55. The molecule has 5 nitrogen and oxygen atoms in total. The lowest BCUT2D eigenvalue weighted by Crippen LogP contribution is -2.17. The fourth-order valence-corrected chi connectivity index (χ4v) is 3.50. The molecule has 0 saturated carbocycles. The molecule has 1 aromatic carbocycles. The van der Waals surface area contributed by atoms with Gasteiger partial charge in [0.2, 0.25) is 0 Å². The van der Waals surface area contributed by atoms with Crippen LogP contribution >= 0.6 is 11.3 Å². The van der Waals surface area contributed by atoms with Crippen molar-refractivity contribution in [3.05, 3.63) is 59.2 Å². The molecule has 0 spiro atoms. The van der Waals surface area contributed by atoms with E-state index < -0.39 is 0 Å². The van der Waals surface area contributed by atoms with Gasteiger partial charge in [0, 0.05) is 24.7 Å². The zero-order chi connectivity index (χ0) is 18.4. The highest BCUT2D eigenvalue weighted by atomic mass is 32.1. The highest BCUT2D eigenvalue weighted by Crippen LogP contribution is 2.28. The number of ether oxygens (including phenoxy) is 2. The predicted molar refractivity (Wildman–Crippen MR) is 105 cm³/mol. The summed E-state index contributed by atoms with van der Waals surface area (Å²) >= 11 is 1.63. The van der Waals surface area contributed by atoms with Gasteiger partial charge in [0.15, 0.2) is 11.5 Å². The number of pyridine rings is 1. The van der Waals surface area contributed by atoms with Crippen LogP contribution in [0.3, 0.4) is 0 Å². The lowest BCUT2D eigenvalue weighted by atomic mass is 10.2. The topological polar surface area (TPSA) is 47.5 Å². The number of hydrogen-bond donors (Lipinski definition) is 0. The van der Waals surface area contributed by atoms with E-state index in [0.717, 1.165) is 41.0 Å². The molecular formula is C20H23N3O2S. The van der Waals surface area contributed by atoms with Gasteiger partial charge in [0.25, 0.3) is 0 Å². The molecule has 3 aromatic rings. The third-order valence-electron chi connectivity index (χ3n) is 3.85. The third-order valence-corrected chi connectivity index (χ3v) is 4.76. The summed E-state index contributed by atoms with van der Waals surface area (Å²) in [6.45, 7) is 4.17. The molecule has 0 aliphatic rings. The third kappa shape index (κ3) is 4.59. The molecule has 0 saturated heterocycles. The van der Waals surface area contributed by atoms with Crippen LogP contribution in [0.25, 0.3) is 10.7 Å². The molecule has 0 atom stereocenters. The van der Waals surface area contributed by atoms with Crippen molar-refractivity contribution in [2.75, 3.05) is 20.8 Å². The van der Waals surface area contributed by atoms with Gasteiger partial charge in [0.05, 0.1) is 25.1 Å². The minimum atomic E-state index is 0.623. The van der Waals surface area contributed by atoms with E-state index in [9.17, 15) is 0 Å².